The first-order valence-electron chi connectivity index (χ1n) is 9.02. The van der Waals surface area contributed by atoms with Gasteiger partial charge in [-0.3, -0.25) is 9.59 Å². The Bertz CT molecular complexity index is 1060. The van der Waals surface area contributed by atoms with Gasteiger partial charge in [0.1, 0.15) is 10.8 Å². The first kappa shape index (κ1) is 20.7. The van der Waals surface area contributed by atoms with Crippen LogP contribution in [0.15, 0.2) is 48.7 Å². The molecule has 0 spiro atoms. The molecule has 1 aromatic heterocycles. The molecule has 5 nitrogen and oxygen atoms in total. The highest BCUT2D eigenvalue weighted by Gasteiger charge is 2.23. The van der Waals surface area contributed by atoms with Crippen molar-refractivity contribution in [1.82, 2.24) is 9.88 Å². The maximum Gasteiger partial charge on any atom is 0.304 e. The van der Waals surface area contributed by atoms with E-state index in [1.165, 1.54) is 28.4 Å². The second-order valence-corrected chi connectivity index (χ2v) is 8.24. The van der Waals surface area contributed by atoms with Gasteiger partial charge in [-0.1, -0.05) is 24.3 Å². The summed E-state index contributed by atoms with van der Waals surface area (Å²) in [6, 6.07) is 11.4. The number of hydrogen-bond donors (Lipinski definition) is 1. The number of amides is 1. The lowest BCUT2D eigenvalue weighted by molar-refractivity contribution is -0.137. The van der Waals surface area contributed by atoms with Gasteiger partial charge >= 0.3 is 5.97 Å². The fourth-order valence-corrected chi connectivity index (χ4v) is 4.09. The van der Waals surface area contributed by atoms with Gasteiger partial charge < -0.3 is 10.0 Å². The first-order chi connectivity index (χ1) is 13.8. The Kier molecular flexibility index (Phi) is 6.08. The predicted octanol–water partition coefficient (Wildman–Crippen LogP) is 4.57. The van der Waals surface area contributed by atoms with Gasteiger partial charge in [0.05, 0.1) is 6.42 Å². The van der Waals surface area contributed by atoms with E-state index >= 15 is 0 Å². The average Bonchev–Trinajstić information content (AvgIpc) is 3.10. The Balaban J connectivity index is 2.13. The van der Waals surface area contributed by atoms with Crippen LogP contribution in [0.25, 0.3) is 11.1 Å². The lowest BCUT2D eigenvalue weighted by atomic mass is 9.91. The van der Waals surface area contributed by atoms with Crippen LogP contribution in [0.2, 0.25) is 0 Å². The maximum atomic E-state index is 14.6. The van der Waals surface area contributed by atoms with Crippen LogP contribution in [0.3, 0.4) is 0 Å². The van der Waals surface area contributed by atoms with Gasteiger partial charge in [-0.25, -0.2) is 9.37 Å². The van der Waals surface area contributed by atoms with Gasteiger partial charge in [-0.15, -0.1) is 11.3 Å². The molecule has 0 aliphatic heterocycles. The number of halogens is 1. The van der Waals surface area contributed by atoms with Crippen molar-refractivity contribution in [1.29, 1.82) is 0 Å². The molecule has 1 N–H and O–H groups in total. The van der Waals surface area contributed by atoms with E-state index in [4.69, 9.17) is 0 Å². The summed E-state index contributed by atoms with van der Waals surface area (Å²) in [6.45, 7) is 1.89. The predicted molar refractivity (Wildman–Crippen MR) is 111 cm³/mol. The third kappa shape index (κ3) is 4.68. The smallest absolute Gasteiger partial charge is 0.304 e. The molecule has 1 unspecified atom stereocenters. The molecular formula is C22H21FN2O3S. The molecule has 0 saturated heterocycles. The lowest BCUT2D eigenvalue weighted by Gasteiger charge is -2.17. The Labute approximate surface area is 172 Å². The number of rotatable bonds is 6. The number of benzene rings is 2. The quantitative estimate of drug-likeness (QED) is 0.644. The van der Waals surface area contributed by atoms with Crippen LogP contribution in [0.1, 0.15) is 38.1 Å². The SMILES string of the molecule is Cc1cnc(C(CC(=O)O)c2cc(F)cc(-c3ccccc3C(=O)N(C)C)c2)s1. The summed E-state index contributed by atoms with van der Waals surface area (Å²) in [4.78, 5) is 30.7. The molecule has 0 radical (unpaired) electrons. The minimum Gasteiger partial charge on any atom is -0.481 e. The number of aryl methyl sites for hydroxylation is 1. The minimum atomic E-state index is -0.989. The highest BCUT2D eigenvalue weighted by atomic mass is 32.1. The highest BCUT2D eigenvalue weighted by Crippen LogP contribution is 2.35. The van der Waals surface area contributed by atoms with Crippen molar-refractivity contribution < 1.29 is 19.1 Å². The number of aromatic nitrogens is 1. The van der Waals surface area contributed by atoms with Crippen LogP contribution < -0.4 is 0 Å². The largest absolute Gasteiger partial charge is 0.481 e. The number of carbonyl (C=O) groups is 2. The van der Waals surface area contributed by atoms with Gasteiger partial charge in [-0.05, 0) is 41.8 Å². The number of hydrogen-bond acceptors (Lipinski definition) is 4. The molecule has 7 heteroatoms. The molecular weight excluding hydrogens is 391 g/mol. The van der Waals surface area contributed by atoms with Gasteiger partial charge in [0.25, 0.3) is 5.91 Å². The Hall–Kier alpha value is -3.06. The molecule has 3 aromatic rings. The zero-order valence-electron chi connectivity index (χ0n) is 16.3. The molecule has 1 heterocycles. The minimum absolute atomic E-state index is 0.191. The van der Waals surface area contributed by atoms with Gasteiger partial charge in [-0.2, -0.15) is 0 Å². The summed E-state index contributed by atoms with van der Waals surface area (Å²) < 4.78 is 14.6. The number of nitrogens with zero attached hydrogens (tertiary/aromatic N) is 2. The topological polar surface area (TPSA) is 70.5 Å². The fraction of sp³-hybridized carbons (Fsp3) is 0.227. The van der Waals surface area contributed by atoms with Crippen LogP contribution in [-0.2, 0) is 4.79 Å². The summed E-state index contributed by atoms with van der Waals surface area (Å²) in [5, 5.41) is 10.0. The Morgan fingerprint density at radius 1 is 1.21 bits per heavy atom. The number of thiazole rings is 1. The van der Waals surface area contributed by atoms with Crippen molar-refractivity contribution in [3.05, 3.63) is 75.5 Å². The number of carboxylic acid groups (broad SMARTS) is 1. The second kappa shape index (κ2) is 8.53. The van der Waals surface area contributed by atoms with Crippen LogP contribution in [-0.4, -0.2) is 41.0 Å². The third-order valence-corrected chi connectivity index (χ3v) is 5.54. The van der Waals surface area contributed by atoms with Crippen LogP contribution >= 0.6 is 11.3 Å². The lowest BCUT2D eigenvalue weighted by Crippen LogP contribution is -2.22. The second-order valence-electron chi connectivity index (χ2n) is 6.98. The van der Waals surface area contributed by atoms with Crippen molar-refractivity contribution in [2.75, 3.05) is 14.1 Å². The first-order valence-corrected chi connectivity index (χ1v) is 9.83. The molecule has 150 valence electrons. The van der Waals surface area contributed by atoms with E-state index in [1.54, 1.807) is 50.6 Å². The van der Waals surface area contributed by atoms with Gasteiger partial charge in [0, 0.05) is 36.7 Å². The summed E-state index contributed by atoms with van der Waals surface area (Å²) in [6.07, 6.45) is 1.48. The zero-order valence-corrected chi connectivity index (χ0v) is 17.2. The van der Waals surface area contributed by atoms with Crippen LogP contribution in [0.4, 0.5) is 4.39 Å². The van der Waals surface area contributed by atoms with E-state index in [-0.39, 0.29) is 12.3 Å². The highest BCUT2D eigenvalue weighted by molar-refractivity contribution is 7.11. The average molecular weight is 412 g/mol. The standard InChI is InChI=1S/C22H21FN2O3S/c1-13-12-24-21(29-13)19(11-20(26)27)15-8-14(9-16(23)10-15)17-6-4-5-7-18(17)22(28)25(2)3/h4-10,12,19H,11H2,1-3H3,(H,26,27). The van der Waals surface area contributed by atoms with Crippen LogP contribution in [0.5, 0.6) is 0 Å². The third-order valence-electron chi connectivity index (χ3n) is 4.51. The molecule has 1 amide bonds. The van der Waals surface area contributed by atoms with Crippen molar-refractivity contribution in [2.24, 2.45) is 0 Å². The van der Waals surface area contributed by atoms with Crippen molar-refractivity contribution in [2.45, 2.75) is 19.3 Å². The van der Waals surface area contributed by atoms with E-state index in [2.05, 4.69) is 4.98 Å². The van der Waals surface area contributed by atoms with E-state index in [9.17, 15) is 19.1 Å². The van der Waals surface area contributed by atoms with Gasteiger partial charge in [0.15, 0.2) is 0 Å². The summed E-state index contributed by atoms with van der Waals surface area (Å²) >= 11 is 1.39. The Morgan fingerprint density at radius 2 is 1.93 bits per heavy atom. The van der Waals surface area contributed by atoms with Crippen molar-refractivity contribution in [3.63, 3.8) is 0 Å². The number of carbonyl (C=O) groups excluding carboxylic acids is 1. The number of carboxylic acids is 1. The molecule has 1 atom stereocenters. The normalized spacial score (nSPS) is 11.9. The molecule has 0 bridgehead atoms. The van der Waals surface area contributed by atoms with Gasteiger partial charge in [0.2, 0.25) is 0 Å². The monoisotopic (exact) mass is 412 g/mol. The summed E-state index contributed by atoms with van der Waals surface area (Å²) in [5.41, 5.74) is 2.09. The summed E-state index contributed by atoms with van der Waals surface area (Å²) in [5.74, 6) is -2.24. The van der Waals surface area contributed by atoms with E-state index in [0.29, 0.717) is 27.3 Å². The molecule has 0 saturated carbocycles. The van der Waals surface area contributed by atoms with Crippen molar-refractivity contribution >= 4 is 23.2 Å². The summed E-state index contributed by atoms with van der Waals surface area (Å²) in [7, 11) is 3.31. The maximum absolute atomic E-state index is 14.6. The Morgan fingerprint density at radius 3 is 2.55 bits per heavy atom. The molecule has 29 heavy (non-hydrogen) atoms. The zero-order chi connectivity index (χ0) is 21.1. The van der Waals surface area contributed by atoms with E-state index in [0.717, 1.165) is 4.88 Å². The van der Waals surface area contributed by atoms with E-state index < -0.39 is 17.7 Å². The molecule has 0 fully saturated rings. The van der Waals surface area contributed by atoms with E-state index in [1.807, 2.05) is 6.92 Å². The van der Waals surface area contributed by atoms with Crippen molar-refractivity contribution in [3.8, 4) is 11.1 Å². The molecule has 0 aliphatic carbocycles. The molecule has 3 rings (SSSR count). The van der Waals surface area contributed by atoms with Crippen LogP contribution in [0, 0.1) is 12.7 Å². The molecule has 0 aliphatic rings. The molecule has 2 aromatic carbocycles. The fourth-order valence-electron chi connectivity index (χ4n) is 3.19. The number of aliphatic carboxylic acids is 1.